The number of amides is 1. The van der Waals surface area contributed by atoms with Gasteiger partial charge in [-0.15, -0.1) is 0 Å². The number of carbonyl (C=O) groups excluding carboxylic acids is 1. The van der Waals surface area contributed by atoms with Crippen LogP contribution in [0.3, 0.4) is 0 Å². The molecule has 5 nitrogen and oxygen atoms in total. The first-order chi connectivity index (χ1) is 13.2. The molecule has 140 valence electrons. The predicted octanol–water partition coefficient (Wildman–Crippen LogP) is 3.60. The summed E-state index contributed by atoms with van der Waals surface area (Å²) in [5.41, 5.74) is 2.76. The highest BCUT2D eigenvalue weighted by Gasteiger charge is 2.22. The molecule has 1 aromatic heterocycles. The van der Waals surface area contributed by atoms with Crippen molar-refractivity contribution in [1.82, 2.24) is 14.9 Å². The van der Waals surface area contributed by atoms with Crippen molar-refractivity contribution >= 4 is 16.9 Å². The number of hydrogen-bond acceptors (Lipinski definition) is 3. The molecular formula is C21H22FN3O2. The van der Waals surface area contributed by atoms with Crippen molar-refractivity contribution < 1.29 is 13.9 Å². The summed E-state index contributed by atoms with van der Waals surface area (Å²) in [6.45, 7) is 1.24. The average molecular weight is 367 g/mol. The molecule has 1 amide bonds. The summed E-state index contributed by atoms with van der Waals surface area (Å²) in [6.07, 6.45) is 4.03. The standard InChI is InChI=1S/C21H22FN3O2/c22-16-9-7-15(8-10-16)19(24-21(26)12-17-4-3-11-27-17)13-25-14-23-18-5-1-2-6-20(18)25/h1-2,5-10,14,17,19H,3-4,11-13H2,(H,24,26)/t17-,19+/m0/s1. The van der Waals surface area contributed by atoms with Crippen molar-refractivity contribution in [2.45, 2.75) is 38.0 Å². The van der Waals surface area contributed by atoms with E-state index in [0.717, 1.165) is 36.0 Å². The van der Waals surface area contributed by atoms with Crippen LogP contribution in [-0.4, -0.2) is 28.2 Å². The van der Waals surface area contributed by atoms with E-state index < -0.39 is 0 Å². The Kier molecular flexibility index (Phi) is 5.16. The first-order valence-corrected chi connectivity index (χ1v) is 9.25. The number of fused-ring (bicyclic) bond motifs is 1. The van der Waals surface area contributed by atoms with Crippen molar-refractivity contribution in [3.05, 3.63) is 66.2 Å². The van der Waals surface area contributed by atoms with Gasteiger partial charge in [-0.05, 0) is 42.7 Å². The van der Waals surface area contributed by atoms with E-state index in [1.165, 1.54) is 12.1 Å². The van der Waals surface area contributed by atoms with Crippen molar-refractivity contribution in [3.8, 4) is 0 Å². The zero-order chi connectivity index (χ0) is 18.6. The van der Waals surface area contributed by atoms with Crippen LogP contribution in [-0.2, 0) is 16.1 Å². The lowest BCUT2D eigenvalue weighted by atomic mass is 10.1. The topological polar surface area (TPSA) is 56.1 Å². The molecular weight excluding hydrogens is 345 g/mol. The third-order valence-corrected chi connectivity index (χ3v) is 4.95. The molecule has 0 saturated carbocycles. The molecule has 2 heterocycles. The molecule has 1 N–H and O–H groups in total. The molecule has 0 radical (unpaired) electrons. The maximum absolute atomic E-state index is 13.3. The van der Waals surface area contributed by atoms with Gasteiger partial charge in [-0.1, -0.05) is 24.3 Å². The number of ether oxygens (including phenoxy) is 1. The highest BCUT2D eigenvalue weighted by atomic mass is 19.1. The summed E-state index contributed by atoms with van der Waals surface area (Å²) < 4.78 is 20.9. The van der Waals surface area contributed by atoms with Crippen LogP contribution >= 0.6 is 0 Å². The van der Waals surface area contributed by atoms with Gasteiger partial charge in [-0.3, -0.25) is 4.79 Å². The molecule has 0 aliphatic carbocycles. The highest BCUT2D eigenvalue weighted by molar-refractivity contribution is 5.77. The molecule has 2 aromatic carbocycles. The molecule has 2 atom stereocenters. The summed E-state index contributed by atoms with van der Waals surface area (Å²) in [6, 6.07) is 13.8. The van der Waals surface area contributed by atoms with Gasteiger partial charge in [0.1, 0.15) is 5.82 Å². The fourth-order valence-electron chi connectivity index (χ4n) is 3.55. The van der Waals surface area contributed by atoms with Crippen LogP contribution in [0.1, 0.15) is 30.9 Å². The molecule has 6 heteroatoms. The lowest BCUT2D eigenvalue weighted by Crippen LogP contribution is -2.33. The van der Waals surface area contributed by atoms with Gasteiger partial charge in [-0.25, -0.2) is 9.37 Å². The van der Waals surface area contributed by atoms with Crippen molar-refractivity contribution in [1.29, 1.82) is 0 Å². The van der Waals surface area contributed by atoms with Crippen molar-refractivity contribution in [3.63, 3.8) is 0 Å². The Morgan fingerprint density at radius 1 is 1.26 bits per heavy atom. The first kappa shape index (κ1) is 17.7. The van der Waals surface area contributed by atoms with E-state index in [-0.39, 0.29) is 23.9 Å². The molecule has 0 unspecified atom stereocenters. The normalized spacial score (nSPS) is 17.9. The molecule has 1 aliphatic heterocycles. The van der Waals surface area contributed by atoms with E-state index in [9.17, 15) is 9.18 Å². The maximum Gasteiger partial charge on any atom is 0.223 e. The molecule has 1 fully saturated rings. The molecule has 27 heavy (non-hydrogen) atoms. The van der Waals surface area contributed by atoms with Gasteiger partial charge in [0, 0.05) is 13.2 Å². The SMILES string of the molecule is O=C(C[C@@H]1CCCO1)N[C@H](Cn1cnc2ccccc21)c1ccc(F)cc1. The number of nitrogens with zero attached hydrogens (tertiary/aromatic N) is 2. The van der Waals surface area contributed by atoms with Crippen LogP contribution in [0.25, 0.3) is 11.0 Å². The zero-order valence-corrected chi connectivity index (χ0v) is 15.0. The summed E-state index contributed by atoms with van der Waals surface area (Å²) in [4.78, 5) is 17.0. The maximum atomic E-state index is 13.3. The van der Waals surface area contributed by atoms with Gasteiger partial charge in [0.15, 0.2) is 0 Å². The second kappa shape index (κ2) is 7.88. The average Bonchev–Trinajstić information content (AvgIpc) is 3.32. The van der Waals surface area contributed by atoms with E-state index in [0.29, 0.717) is 13.0 Å². The monoisotopic (exact) mass is 367 g/mol. The van der Waals surface area contributed by atoms with Crippen molar-refractivity contribution in [2.24, 2.45) is 0 Å². The third-order valence-electron chi connectivity index (χ3n) is 4.95. The Labute approximate surface area is 157 Å². The quantitative estimate of drug-likeness (QED) is 0.724. The van der Waals surface area contributed by atoms with E-state index in [2.05, 4.69) is 10.3 Å². The summed E-state index contributed by atoms with van der Waals surface area (Å²) in [7, 11) is 0. The summed E-state index contributed by atoms with van der Waals surface area (Å²) in [5.74, 6) is -0.350. The number of benzene rings is 2. The minimum Gasteiger partial charge on any atom is -0.378 e. The Morgan fingerprint density at radius 2 is 2.07 bits per heavy atom. The van der Waals surface area contributed by atoms with Gasteiger partial charge in [0.2, 0.25) is 5.91 Å². The van der Waals surface area contributed by atoms with Crippen LogP contribution < -0.4 is 5.32 Å². The molecule has 3 aromatic rings. The summed E-state index contributed by atoms with van der Waals surface area (Å²) in [5, 5.41) is 3.09. The fourth-order valence-corrected chi connectivity index (χ4v) is 3.55. The van der Waals surface area contributed by atoms with E-state index in [1.54, 1.807) is 18.5 Å². The highest BCUT2D eigenvalue weighted by Crippen LogP contribution is 2.21. The summed E-state index contributed by atoms with van der Waals surface area (Å²) >= 11 is 0. The number of carbonyl (C=O) groups is 1. The number of para-hydroxylation sites is 2. The Morgan fingerprint density at radius 3 is 2.85 bits per heavy atom. The van der Waals surface area contributed by atoms with Crippen LogP contribution in [0.15, 0.2) is 54.9 Å². The zero-order valence-electron chi connectivity index (χ0n) is 15.0. The lowest BCUT2D eigenvalue weighted by Gasteiger charge is -2.21. The van der Waals surface area contributed by atoms with Gasteiger partial charge in [0.25, 0.3) is 0 Å². The number of hydrogen-bond donors (Lipinski definition) is 1. The minimum absolute atomic E-state index is 0.00653. The van der Waals surface area contributed by atoms with E-state index in [4.69, 9.17) is 4.74 Å². The van der Waals surface area contributed by atoms with Gasteiger partial charge in [-0.2, -0.15) is 0 Å². The Hall–Kier alpha value is -2.73. The smallest absolute Gasteiger partial charge is 0.223 e. The molecule has 1 aliphatic rings. The van der Waals surface area contributed by atoms with E-state index >= 15 is 0 Å². The minimum atomic E-state index is -0.295. The van der Waals surface area contributed by atoms with Crippen molar-refractivity contribution in [2.75, 3.05) is 6.61 Å². The second-order valence-electron chi connectivity index (χ2n) is 6.90. The first-order valence-electron chi connectivity index (χ1n) is 9.25. The molecule has 0 bridgehead atoms. The van der Waals surface area contributed by atoms with Crippen LogP contribution in [0, 0.1) is 5.82 Å². The third kappa shape index (κ3) is 4.17. The fraction of sp³-hybridized carbons (Fsp3) is 0.333. The van der Waals surface area contributed by atoms with Crippen LogP contribution in [0.4, 0.5) is 4.39 Å². The molecule has 1 saturated heterocycles. The van der Waals surface area contributed by atoms with Gasteiger partial charge < -0.3 is 14.6 Å². The number of halogens is 1. The number of imidazole rings is 1. The molecule has 4 rings (SSSR count). The predicted molar refractivity (Wildman–Crippen MR) is 101 cm³/mol. The van der Waals surface area contributed by atoms with Crippen LogP contribution in [0.2, 0.25) is 0 Å². The Balaban J connectivity index is 1.55. The van der Waals surface area contributed by atoms with Crippen LogP contribution in [0.5, 0.6) is 0 Å². The largest absolute Gasteiger partial charge is 0.378 e. The molecule has 0 spiro atoms. The van der Waals surface area contributed by atoms with E-state index in [1.807, 2.05) is 28.8 Å². The lowest BCUT2D eigenvalue weighted by molar-refractivity contribution is -0.124. The second-order valence-corrected chi connectivity index (χ2v) is 6.90. The number of aromatic nitrogens is 2. The Bertz CT molecular complexity index is 917. The number of nitrogens with one attached hydrogen (secondary N) is 1. The van der Waals surface area contributed by atoms with Gasteiger partial charge >= 0.3 is 0 Å². The number of rotatable bonds is 6. The van der Waals surface area contributed by atoms with Gasteiger partial charge in [0.05, 0.1) is 35.9 Å².